The van der Waals surface area contributed by atoms with Crippen LogP contribution in [-0.4, -0.2) is 44.8 Å². The normalized spacial score (nSPS) is 11.5. The summed E-state index contributed by atoms with van der Waals surface area (Å²) in [4.78, 5) is 11.8. The summed E-state index contributed by atoms with van der Waals surface area (Å²) >= 11 is 0. The highest BCUT2D eigenvalue weighted by Crippen LogP contribution is 2.17. The Morgan fingerprint density at radius 2 is 1.50 bits per heavy atom. The third kappa shape index (κ3) is 4.47. The number of carbonyl (C=O) groups excluding carboxylic acids is 1. The predicted molar refractivity (Wildman–Crippen MR) is 59.1 cm³/mol. The SMILES string of the molecule is CCOCC(OCC)(OCC)C(=O)OCC. The van der Waals surface area contributed by atoms with Gasteiger partial charge in [0.05, 0.1) is 6.61 Å². The van der Waals surface area contributed by atoms with Crippen molar-refractivity contribution in [2.24, 2.45) is 0 Å². The summed E-state index contributed by atoms with van der Waals surface area (Å²) in [6, 6.07) is 0. The van der Waals surface area contributed by atoms with Crippen LogP contribution < -0.4 is 0 Å². The van der Waals surface area contributed by atoms with Gasteiger partial charge in [-0.1, -0.05) is 0 Å². The lowest BCUT2D eigenvalue weighted by Gasteiger charge is -2.30. The van der Waals surface area contributed by atoms with Crippen molar-refractivity contribution in [2.45, 2.75) is 33.5 Å². The second-order valence-electron chi connectivity index (χ2n) is 2.98. The molecule has 0 saturated carbocycles. The van der Waals surface area contributed by atoms with Gasteiger partial charge in [-0.3, -0.25) is 0 Å². The molecule has 0 spiro atoms. The molecule has 0 fully saturated rings. The third-order valence-electron chi connectivity index (χ3n) is 1.84. The molecule has 0 aliphatic heterocycles. The maximum absolute atomic E-state index is 11.8. The highest BCUT2D eigenvalue weighted by molar-refractivity contribution is 5.78. The highest BCUT2D eigenvalue weighted by atomic mass is 16.7. The molecule has 0 saturated heterocycles. The molecule has 0 radical (unpaired) electrons. The van der Waals surface area contributed by atoms with Gasteiger partial charge in [0.2, 0.25) is 0 Å². The number of hydrogen-bond donors (Lipinski definition) is 0. The Kier molecular flexibility index (Phi) is 8.15. The van der Waals surface area contributed by atoms with E-state index in [0.29, 0.717) is 19.8 Å². The van der Waals surface area contributed by atoms with Gasteiger partial charge in [0.1, 0.15) is 6.61 Å². The first-order valence-corrected chi connectivity index (χ1v) is 5.69. The van der Waals surface area contributed by atoms with E-state index in [1.807, 2.05) is 6.92 Å². The number of ether oxygens (including phenoxy) is 4. The quantitative estimate of drug-likeness (QED) is 0.445. The van der Waals surface area contributed by atoms with Crippen LogP contribution in [0.4, 0.5) is 0 Å². The second kappa shape index (κ2) is 8.50. The van der Waals surface area contributed by atoms with Crippen molar-refractivity contribution in [1.82, 2.24) is 0 Å². The molecule has 5 heteroatoms. The molecule has 0 aromatic rings. The van der Waals surface area contributed by atoms with Crippen LogP contribution in [0.5, 0.6) is 0 Å². The fourth-order valence-corrected chi connectivity index (χ4v) is 1.25. The van der Waals surface area contributed by atoms with Gasteiger partial charge in [0.25, 0.3) is 5.79 Å². The molecule has 0 aromatic heterocycles. The average Bonchev–Trinajstić information content (AvgIpc) is 2.27. The predicted octanol–water partition coefficient (Wildman–Crippen LogP) is 1.36. The van der Waals surface area contributed by atoms with Gasteiger partial charge in [-0.2, -0.15) is 0 Å². The van der Waals surface area contributed by atoms with E-state index in [1.54, 1.807) is 20.8 Å². The maximum Gasteiger partial charge on any atom is 0.369 e. The first-order chi connectivity index (χ1) is 7.66. The zero-order valence-electron chi connectivity index (χ0n) is 10.6. The molecule has 0 aliphatic rings. The Morgan fingerprint density at radius 3 is 1.88 bits per heavy atom. The van der Waals surface area contributed by atoms with E-state index in [-0.39, 0.29) is 13.2 Å². The largest absolute Gasteiger partial charge is 0.462 e. The lowest BCUT2D eigenvalue weighted by molar-refractivity contribution is -0.262. The third-order valence-corrected chi connectivity index (χ3v) is 1.84. The molecular weight excluding hydrogens is 212 g/mol. The average molecular weight is 234 g/mol. The van der Waals surface area contributed by atoms with Crippen molar-refractivity contribution in [1.29, 1.82) is 0 Å². The van der Waals surface area contributed by atoms with Crippen molar-refractivity contribution in [3.63, 3.8) is 0 Å². The Balaban J connectivity index is 4.68. The Morgan fingerprint density at radius 1 is 0.938 bits per heavy atom. The molecule has 0 atom stereocenters. The summed E-state index contributed by atoms with van der Waals surface area (Å²) in [5.74, 6) is -1.96. The molecule has 0 N–H and O–H groups in total. The van der Waals surface area contributed by atoms with Crippen LogP contribution in [-0.2, 0) is 23.7 Å². The summed E-state index contributed by atoms with van der Waals surface area (Å²) in [6.07, 6.45) is 0. The van der Waals surface area contributed by atoms with Crippen LogP contribution >= 0.6 is 0 Å². The van der Waals surface area contributed by atoms with Crippen LogP contribution in [0.25, 0.3) is 0 Å². The summed E-state index contributed by atoms with van der Waals surface area (Å²) in [5.41, 5.74) is 0. The summed E-state index contributed by atoms with van der Waals surface area (Å²) < 4.78 is 20.9. The van der Waals surface area contributed by atoms with E-state index < -0.39 is 11.8 Å². The van der Waals surface area contributed by atoms with E-state index in [9.17, 15) is 4.79 Å². The molecule has 0 heterocycles. The number of hydrogen-bond acceptors (Lipinski definition) is 5. The van der Waals surface area contributed by atoms with Crippen LogP contribution in [0.1, 0.15) is 27.7 Å². The zero-order chi connectivity index (χ0) is 12.4. The second-order valence-corrected chi connectivity index (χ2v) is 2.98. The van der Waals surface area contributed by atoms with Crippen molar-refractivity contribution < 1.29 is 23.7 Å². The van der Waals surface area contributed by atoms with E-state index >= 15 is 0 Å². The van der Waals surface area contributed by atoms with Crippen molar-refractivity contribution in [3.8, 4) is 0 Å². The van der Waals surface area contributed by atoms with Gasteiger partial charge >= 0.3 is 5.97 Å². The summed E-state index contributed by atoms with van der Waals surface area (Å²) in [7, 11) is 0. The molecular formula is C11H22O5. The fraction of sp³-hybridized carbons (Fsp3) is 0.909. The zero-order valence-corrected chi connectivity index (χ0v) is 10.6. The summed E-state index contributed by atoms with van der Waals surface area (Å²) in [5, 5.41) is 0. The van der Waals surface area contributed by atoms with E-state index in [0.717, 1.165) is 0 Å². The van der Waals surface area contributed by atoms with Gasteiger partial charge in [-0.05, 0) is 27.7 Å². The molecule has 16 heavy (non-hydrogen) atoms. The highest BCUT2D eigenvalue weighted by Gasteiger charge is 2.42. The van der Waals surface area contributed by atoms with Crippen LogP contribution in [0, 0.1) is 0 Å². The molecule has 0 amide bonds. The smallest absolute Gasteiger partial charge is 0.369 e. The monoisotopic (exact) mass is 234 g/mol. The Labute approximate surface area is 97.0 Å². The first-order valence-electron chi connectivity index (χ1n) is 5.69. The minimum Gasteiger partial charge on any atom is -0.462 e. The number of rotatable bonds is 9. The van der Waals surface area contributed by atoms with Crippen molar-refractivity contribution >= 4 is 5.97 Å². The lowest BCUT2D eigenvalue weighted by atomic mass is 10.3. The number of carbonyl (C=O) groups is 1. The van der Waals surface area contributed by atoms with E-state index in [1.165, 1.54) is 0 Å². The fourth-order valence-electron chi connectivity index (χ4n) is 1.25. The standard InChI is InChI=1S/C11H22O5/c1-5-13-9-11(15-7-3,16-8-4)10(12)14-6-2/h5-9H2,1-4H3. The van der Waals surface area contributed by atoms with E-state index in [4.69, 9.17) is 18.9 Å². The number of esters is 1. The van der Waals surface area contributed by atoms with Crippen molar-refractivity contribution in [2.75, 3.05) is 33.0 Å². The Hall–Kier alpha value is -0.650. The minimum atomic E-state index is -1.42. The molecule has 0 unspecified atom stereocenters. The van der Waals surface area contributed by atoms with Crippen LogP contribution in [0.2, 0.25) is 0 Å². The Bertz CT molecular complexity index is 187. The van der Waals surface area contributed by atoms with Gasteiger partial charge < -0.3 is 18.9 Å². The minimum absolute atomic E-state index is 0.0456. The van der Waals surface area contributed by atoms with Gasteiger partial charge in [-0.15, -0.1) is 0 Å². The van der Waals surface area contributed by atoms with Crippen LogP contribution in [0.15, 0.2) is 0 Å². The maximum atomic E-state index is 11.8. The lowest BCUT2D eigenvalue weighted by Crippen LogP contribution is -2.49. The topological polar surface area (TPSA) is 54.0 Å². The molecule has 0 rings (SSSR count). The summed E-state index contributed by atoms with van der Waals surface area (Å²) in [6.45, 7) is 8.68. The van der Waals surface area contributed by atoms with Gasteiger partial charge in [0.15, 0.2) is 0 Å². The molecule has 0 aliphatic carbocycles. The molecule has 0 bridgehead atoms. The van der Waals surface area contributed by atoms with Crippen molar-refractivity contribution in [3.05, 3.63) is 0 Å². The van der Waals surface area contributed by atoms with Crippen LogP contribution in [0.3, 0.4) is 0 Å². The molecule has 5 nitrogen and oxygen atoms in total. The van der Waals surface area contributed by atoms with Gasteiger partial charge in [-0.25, -0.2) is 4.79 Å². The molecule has 96 valence electrons. The first kappa shape index (κ1) is 15.3. The van der Waals surface area contributed by atoms with E-state index in [2.05, 4.69) is 0 Å². The van der Waals surface area contributed by atoms with Gasteiger partial charge in [0, 0.05) is 19.8 Å². The molecule has 0 aromatic carbocycles.